The van der Waals surface area contributed by atoms with Crippen molar-refractivity contribution in [1.82, 2.24) is 9.97 Å². The number of anilines is 1. The van der Waals surface area contributed by atoms with E-state index in [0.717, 1.165) is 11.3 Å². The van der Waals surface area contributed by atoms with Crippen LogP contribution in [0.15, 0.2) is 65.9 Å². The highest BCUT2D eigenvalue weighted by Gasteiger charge is 2.15. The molecule has 0 amide bonds. The van der Waals surface area contributed by atoms with Gasteiger partial charge in [0.15, 0.2) is 0 Å². The summed E-state index contributed by atoms with van der Waals surface area (Å²) in [7, 11) is 1.51. The van der Waals surface area contributed by atoms with Crippen molar-refractivity contribution in [1.29, 1.82) is 5.26 Å². The number of aryl methyl sites for hydroxylation is 1. The number of methoxy groups -OCH3 is 1. The van der Waals surface area contributed by atoms with E-state index < -0.39 is 5.78 Å². The van der Waals surface area contributed by atoms with Gasteiger partial charge in [0.05, 0.1) is 18.5 Å². The number of ketones is 1. The van der Waals surface area contributed by atoms with Crippen LogP contribution in [0.2, 0.25) is 0 Å². The molecule has 0 unspecified atom stereocenters. The van der Waals surface area contributed by atoms with E-state index in [9.17, 15) is 10.1 Å². The molecule has 7 heteroatoms. The third-order valence-corrected chi connectivity index (χ3v) is 3.88. The molecule has 1 N–H and O–H groups in total. The van der Waals surface area contributed by atoms with Crippen molar-refractivity contribution >= 4 is 17.2 Å². The Morgan fingerprint density at radius 2 is 2.00 bits per heavy atom. The summed E-state index contributed by atoms with van der Waals surface area (Å²) in [6.07, 6.45) is 1.69. The molecule has 1 aromatic heterocycles. The number of hydrogen-bond acceptors (Lipinski definition) is 7. The van der Waals surface area contributed by atoms with E-state index >= 15 is 0 Å². The van der Waals surface area contributed by atoms with Gasteiger partial charge in [-0.2, -0.15) is 10.4 Å². The fourth-order valence-corrected chi connectivity index (χ4v) is 2.51. The van der Waals surface area contributed by atoms with Crippen LogP contribution in [0.25, 0.3) is 11.3 Å². The van der Waals surface area contributed by atoms with Gasteiger partial charge < -0.3 is 4.74 Å². The predicted molar refractivity (Wildman–Crippen MR) is 106 cm³/mol. The second kappa shape index (κ2) is 8.56. The quantitative estimate of drug-likeness (QED) is 0.403. The highest BCUT2D eigenvalue weighted by molar-refractivity contribution is 6.51. The smallest absolute Gasteiger partial charge is 0.224 e. The van der Waals surface area contributed by atoms with Gasteiger partial charge in [-0.15, -0.1) is 0 Å². The number of hydrogen-bond donors (Lipinski definition) is 1. The zero-order valence-corrected chi connectivity index (χ0v) is 15.4. The summed E-state index contributed by atoms with van der Waals surface area (Å²) in [4.78, 5) is 21.0. The van der Waals surface area contributed by atoms with E-state index in [4.69, 9.17) is 4.74 Å². The van der Waals surface area contributed by atoms with Crippen molar-refractivity contribution in [3.63, 3.8) is 0 Å². The minimum atomic E-state index is -0.489. The normalized spacial score (nSPS) is 10.8. The van der Waals surface area contributed by atoms with Crippen molar-refractivity contribution in [3.05, 3.63) is 72.2 Å². The Balaban J connectivity index is 1.82. The van der Waals surface area contributed by atoms with Crippen LogP contribution in [0.3, 0.4) is 0 Å². The van der Waals surface area contributed by atoms with E-state index in [1.165, 1.54) is 7.11 Å². The van der Waals surface area contributed by atoms with Gasteiger partial charge in [-0.3, -0.25) is 10.2 Å². The number of carbonyl (C=O) groups is 1. The van der Waals surface area contributed by atoms with Crippen LogP contribution >= 0.6 is 0 Å². The van der Waals surface area contributed by atoms with E-state index in [1.54, 1.807) is 36.5 Å². The number of nitrogens with zero attached hydrogens (tertiary/aromatic N) is 4. The first-order valence-corrected chi connectivity index (χ1v) is 8.43. The van der Waals surface area contributed by atoms with Crippen LogP contribution in [0.5, 0.6) is 5.75 Å². The number of ether oxygens (including phenoxy) is 1. The third-order valence-electron chi connectivity index (χ3n) is 3.88. The molecule has 0 atom stereocenters. The van der Waals surface area contributed by atoms with E-state index in [1.807, 2.05) is 37.3 Å². The maximum Gasteiger partial charge on any atom is 0.224 e. The highest BCUT2D eigenvalue weighted by Crippen LogP contribution is 2.21. The molecule has 0 radical (unpaired) electrons. The van der Waals surface area contributed by atoms with Gasteiger partial charge in [0.25, 0.3) is 0 Å². The lowest BCUT2D eigenvalue weighted by atomic mass is 10.1. The Bertz CT molecular complexity index is 1090. The van der Waals surface area contributed by atoms with Crippen molar-refractivity contribution in [2.75, 3.05) is 12.5 Å². The van der Waals surface area contributed by atoms with Crippen LogP contribution in [0, 0.1) is 18.3 Å². The fraction of sp³-hybridized carbons (Fsp3) is 0.0952. The number of hydrazone groups is 1. The molecule has 0 aliphatic heterocycles. The zero-order chi connectivity index (χ0) is 19.9. The lowest BCUT2D eigenvalue weighted by Gasteiger charge is -2.06. The average molecular weight is 371 g/mol. The van der Waals surface area contributed by atoms with Gasteiger partial charge in [-0.05, 0) is 37.3 Å². The Kier molecular flexibility index (Phi) is 5.72. The first kappa shape index (κ1) is 18.7. The SMILES string of the molecule is COc1cccc(C(=O)/C(C#N)=N\Nc2cccc(-c3ccnc(C)n3)c2)c1. The number of nitrogens with one attached hydrogen (secondary N) is 1. The summed E-state index contributed by atoms with van der Waals surface area (Å²) in [5, 5.41) is 13.3. The second-order valence-electron chi connectivity index (χ2n) is 5.81. The van der Waals surface area contributed by atoms with Gasteiger partial charge in [-0.1, -0.05) is 24.3 Å². The average Bonchev–Trinajstić information content (AvgIpc) is 2.74. The summed E-state index contributed by atoms with van der Waals surface area (Å²) < 4.78 is 5.11. The van der Waals surface area contributed by atoms with Gasteiger partial charge in [0.1, 0.15) is 17.6 Å². The molecular weight excluding hydrogens is 354 g/mol. The zero-order valence-electron chi connectivity index (χ0n) is 15.4. The van der Waals surface area contributed by atoms with Gasteiger partial charge in [0, 0.05) is 17.3 Å². The lowest BCUT2D eigenvalue weighted by Crippen LogP contribution is -2.14. The fourth-order valence-electron chi connectivity index (χ4n) is 2.51. The molecule has 28 heavy (non-hydrogen) atoms. The van der Waals surface area contributed by atoms with Crippen molar-refractivity contribution in [3.8, 4) is 23.1 Å². The number of rotatable bonds is 6. The molecule has 3 rings (SSSR count). The Labute approximate surface area is 162 Å². The van der Waals surface area contributed by atoms with Crippen LogP contribution < -0.4 is 10.2 Å². The Morgan fingerprint density at radius 1 is 1.18 bits per heavy atom. The molecule has 7 nitrogen and oxygen atoms in total. The molecule has 0 aliphatic rings. The minimum absolute atomic E-state index is 0.253. The number of carbonyl (C=O) groups excluding carboxylic acids is 1. The number of aromatic nitrogens is 2. The van der Waals surface area contributed by atoms with Crippen molar-refractivity contribution in [2.24, 2.45) is 5.10 Å². The van der Waals surface area contributed by atoms with Gasteiger partial charge in [0.2, 0.25) is 11.5 Å². The molecule has 0 spiro atoms. The monoisotopic (exact) mass is 371 g/mol. The molecule has 0 saturated carbocycles. The van der Waals surface area contributed by atoms with E-state index in [2.05, 4.69) is 20.5 Å². The van der Waals surface area contributed by atoms with Crippen LogP contribution in [0.1, 0.15) is 16.2 Å². The Morgan fingerprint density at radius 3 is 2.75 bits per heavy atom. The molecule has 0 saturated heterocycles. The standard InChI is InChI=1S/C21H17N5O2/c1-14-23-10-9-19(24-14)15-5-3-7-17(11-15)25-26-20(13-22)21(27)16-6-4-8-18(12-16)28-2/h3-12,25H,1-2H3/b26-20-. The largest absolute Gasteiger partial charge is 0.497 e. The maximum absolute atomic E-state index is 12.5. The first-order valence-electron chi connectivity index (χ1n) is 8.43. The summed E-state index contributed by atoms with van der Waals surface area (Å²) in [5.41, 5.74) is 5.10. The minimum Gasteiger partial charge on any atom is -0.497 e. The number of Topliss-reactive ketones (excluding diaryl/α,β-unsaturated/α-hetero) is 1. The maximum atomic E-state index is 12.5. The summed E-state index contributed by atoms with van der Waals surface area (Å²) in [5.74, 6) is 0.713. The predicted octanol–water partition coefficient (Wildman–Crippen LogP) is 3.64. The molecule has 0 bridgehead atoms. The Hall–Kier alpha value is -4.05. The van der Waals surface area contributed by atoms with E-state index in [0.29, 0.717) is 22.8 Å². The summed E-state index contributed by atoms with van der Waals surface area (Å²) >= 11 is 0. The van der Waals surface area contributed by atoms with Crippen molar-refractivity contribution < 1.29 is 9.53 Å². The third kappa shape index (κ3) is 4.37. The van der Waals surface area contributed by atoms with E-state index in [-0.39, 0.29) is 5.71 Å². The summed E-state index contributed by atoms with van der Waals surface area (Å²) in [6, 6.07) is 17.6. The molecule has 1 heterocycles. The molecule has 0 aliphatic carbocycles. The molecule has 0 fully saturated rings. The summed E-state index contributed by atoms with van der Waals surface area (Å²) in [6.45, 7) is 1.82. The van der Waals surface area contributed by atoms with Gasteiger partial charge in [-0.25, -0.2) is 9.97 Å². The topological polar surface area (TPSA) is 100 Å². The van der Waals surface area contributed by atoms with Crippen LogP contribution in [0.4, 0.5) is 5.69 Å². The molecule has 3 aromatic rings. The number of benzene rings is 2. The molecule has 2 aromatic carbocycles. The molecule has 138 valence electrons. The second-order valence-corrected chi connectivity index (χ2v) is 5.81. The molecular formula is C21H17N5O2. The van der Waals surface area contributed by atoms with Gasteiger partial charge >= 0.3 is 0 Å². The van der Waals surface area contributed by atoms with Crippen LogP contribution in [-0.2, 0) is 0 Å². The number of nitriles is 1. The van der Waals surface area contributed by atoms with Crippen molar-refractivity contribution in [2.45, 2.75) is 6.92 Å². The van der Waals surface area contributed by atoms with Crippen LogP contribution in [-0.4, -0.2) is 28.6 Å². The first-order chi connectivity index (χ1) is 13.6. The lowest BCUT2D eigenvalue weighted by molar-refractivity contribution is 0.106. The highest BCUT2D eigenvalue weighted by atomic mass is 16.5.